The molecule has 0 aliphatic carbocycles. The van der Waals surface area contributed by atoms with Crippen LogP contribution in [0.3, 0.4) is 0 Å². The van der Waals surface area contributed by atoms with Gasteiger partial charge < -0.3 is 9.64 Å². The van der Waals surface area contributed by atoms with E-state index in [9.17, 15) is 4.79 Å². The summed E-state index contributed by atoms with van der Waals surface area (Å²) in [5, 5.41) is 0.386. The van der Waals surface area contributed by atoms with Gasteiger partial charge in [-0.05, 0) is 38.3 Å². The summed E-state index contributed by atoms with van der Waals surface area (Å²) >= 11 is 5.97. The van der Waals surface area contributed by atoms with Gasteiger partial charge in [-0.3, -0.25) is 4.79 Å². The Morgan fingerprint density at radius 3 is 2.70 bits per heavy atom. The second kappa shape index (κ2) is 7.04. The Bertz CT molecular complexity index is 471. The first-order valence-electron chi connectivity index (χ1n) is 7.21. The minimum Gasteiger partial charge on any atom is -0.378 e. The number of aryl methyl sites for hydroxylation is 1. The lowest BCUT2D eigenvalue weighted by molar-refractivity contribution is 0.0146. The Labute approximate surface area is 125 Å². The summed E-state index contributed by atoms with van der Waals surface area (Å²) in [5.74, 6) is 0.0407. The Kier molecular flexibility index (Phi) is 5.38. The number of ether oxygens (including phenoxy) is 1. The van der Waals surface area contributed by atoms with Gasteiger partial charge in [0.05, 0.1) is 6.10 Å². The fraction of sp³-hybridized carbons (Fsp3) is 0.600. The second-order valence-corrected chi connectivity index (χ2v) is 5.36. The number of likely N-dealkylation sites (tertiary alicyclic amines) is 1. The van der Waals surface area contributed by atoms with Gasteiger partial charge in [-0.25, -0.2) is 4.98 Å². The molecule has 4 nitrogen and oxygen atoms in total. The summed E-state index contributed by atoms with van der Waals surface area (Å²) < 4.78 is 5.60. The number of halogens is 1. The Morgan fingerprint density at radius 1 is 1.40 bits per heavy atom. The largest absolute Gasteiger partial charge is 0.378 e. The number of pyridine rings is 1. The smallest absolute Gasteiger partial charge is 0.254 e. The predicted octanol–water partition coefficient (Wildman–Crippen LogP) is 2.94. The third kappa shape index (κ3) is 3.70. The van der Waals surface area contributed by atoms with E-state index in [1.165, 1.54) is 0 Å². The van der Waals surface area contributed by atoms with Crippen LogP contribution in [0.2, 0.25) is 5.15 Å². The summed E-state index contributed by atoms with van der Waals surface area (Å²) in [6.45, 7) is 6.22. The van der Waals surface area contributed by atoms with E-state index in [2.05, 4.69) is 4.98 Å². The maximum atomic E-state index is 12.5. The number of rotatable bonds is 4. The van der Waals surface area contributed by atoms with Gasteiger partial charge >= 0.3 is 0 Å². The number of amides is 1. The molecule has 0 saturated carbocycles. The molecule has 0 atom stereocenters. The lowest BCUT2D eigenvalue weighted by Crippen LogP contribution is -2.41. The van der Waals surface area contributed by atoms with E-state index in [0.717, 1.165) is 44.7 Å². The van der Waals surface area contributed by atoms with Crippen LogP contribution in [0.4, 0.5) is 0 Å². The van der Waals surface area contributed by atoms with Crippen molar-refractivity contribution in [3.63, 3.8) is 0 Å². The highest BCUT2D eigenvalue weighted by Crippen LogP contribution is 2.18. The van der Waals surface area contributed by atoms with Crippen molar-refractivity contribution in [1.82, 2.24) is 9.88 Å². The summed E-state index contributed by atoms with van der Waals surface area (Å²) in [6, 6.07) is 3.49. The molecule has 0 aromatic carbocycles. The molecule has 2 heterocycles. The van der Waals surface area contributed by atoms with E-state index in [1.54, 1.807) is 6.07 Å². The van der Waals surface area contributed by atoms with Gasteiger partial charge in [0.25, 0.3) is 5.91 Å². The molecule has 0 bridgehead atoms. The lowest BCUT2D eigenvalue weighted by Gasteiger charge is -2.31. The van der Waals surface area contributed by atoms with Gasteiger partial charge in [0.15, 0.2) is 0 Å². The van der Waals surface area contributed by atoms with Crippen molar-refractivity contribution in [3.8, 4) is 0 Å². The zero-order valence-corrected chi connectivity index (χ0v) is 12.8. The van der Waals surface area contributed by atoms with Crippen molar-refractivity contribution in [2.45, 2.75) is 39.2 Å². The van der Waals surface area contributed by atoms with Crippen LogP contribution in [0.1, 0.15) is 42.7 Å². The number of carbonyl (C=O) groups is 1. The molecule has 1 aliphatic heterocycles. The van der Waals surface area contributed by atoms with Crippen molar-refractivity contribution in [1.29, 1.82) is 0 Å². The van der Waals surface area contributed by atoms with Crippen LogP contribution in [-0.4, -0.2) is 41.6 Å². The van der Waals surface area contributed by atoms with E-state index < -0.39 is 0 Å². The van der Waals surface area contributed by atoms with Crippen LogP contribution in [0, 0.1) is 0 Å². The molecular weight excluding hydrogens is 276 g/mol. The molecule has 1 aliphatic rings. The van der Waals surface area contributed by atoms with Crippen LogP contribution in [0.15, 0.2) is 12.1 Å². The predicted molar refractivity (Wildman–Crippen MR) is 79.2 cm³/mol. The molecule has 5 heteroatoms. The molecule has 1 saturated heterocycles. The molecule has 20 heavy (non-hydrogen) atoms. The molecular formula is C15H21ClN2O2. The molecule has 1 aromatic rings. The molecule has 0 radical (unpaired) electrons. The molecule has 1 aromatic heterocycles. The normalized spacial score (nSPS) is 16.4. The maximum Gasteiger partial charge on any atom is 0.254 e. The molecule has 1 amide bonds. The van der Waals surface area contributed by atoms with E-state index in [1.807, 2.05) is 24.8 Å². The Balaban J connectivity index is 2.03. The quantitative estimate of drug-likeness (QED) is 0.802. The Morgan fingerprint density at radius 2 is 2.10 bits per heavy atom. The standard InChI is InChI=1S/C15H21ClN2O2/c1-3-12-9-11(10-14(16)17-12)15(19)18-7-5-13(6-8-18)20-4-2/h9-10,13H,3-8H2,1-2H3. The second-order valence-electron chi connectivity index (χ2n) is 4.97. The van der Waals surface area contributed by atoms with Crippen LogP contribution >= 0.6 is 11.6 Å². The first-order chi connectivity index (χ1) is 9.63. The molecule has 0 unspecified atom stereocenters. The van der Waals surface area contributed by atoms with Crippen molar-refractivity contribution < 1.29 is 9.53 Å². The van der Waals surface area contributed by atoms with Gasteiger partial charge in [0.2, 0.25) is 0 Å². The average molecular weight is 297 g/mol. The van der Waals surface area contributed by atoms with E-state index >= 15 is 0 Å². The number of nitrogens with zero attached hydrogens (tertiary/aromatic N) is 2. The third-order valence-electron chi connectivity index (χ3n) is 3.59. The van der Waals surface area contributed by atoms with Crippen molar-refractivity contribution >= 4 is 17.5 Å². The van der Waals surface area contributed by atoms with Gasteiger partial charge in [0, 0.05) is 31.0 Å². The monoisotopic (exact) mass is 296 g/mol. The molecule has 2 rings (SSSR count). The van der Waals surface area contributed by atoms with Crippen LogP contribution in [0.25, 0.3) is 0 Å². The van der Waals surface area contributed by atoms with Gasteiger partial charge in [0.1, 0.15) is 5.15 Å². The number of aromatic nitrogens is 1. The molecule has 110 valence electrons. The van der Waals surface area contributed by atoms with Crippen LogP contribution in [-0.2, 0) is 11.2 Å². The summed E-state index contributed by atoms with van der Waals surface area (Å²) in [6.07, 6.45) is 2.86. The molecule has 0 spiro atoms. The zero-order valence-electron chi connectivity index (χ0n) is 12.1. The van der Waals surface area contributed by atoms with Crippen LogP contribution < -0.4 is 0 Å². The first-order valence-corrected chi connectivity index (χ1v) is 7.59. The van der Waals surface area contributed by atoms with E-state index in [4.69, 9.17) is 16.3 Å². The summed E-state index contributed by atoms with van der Waals surface area (Å²) in [4.78, 5) is 18.5. The SMILES string of the molecule is CCOC1CCN(C(=O)c2cc(Cl)nc(CC)c2)CC1. The van der Waals surface area contributed by atoms with Crippen molar-refractivity contribution in [2.24, 2.45) is 0 Å². The number of piperidine rings is 1. The maximum absolute atomic E-state index is 12.5. The first kappa shape index (κ1) is 15.3. The van der Waals surface area contributed by atoms with Gasteiger partial charge in [-0.2, -0.15) is 0 Å². The highest BCUT2D eigenvalue weighted by atomic mass is 35.5. The summed E-state index contributed by atoms with van der Waals surface area (Å²) in [5.41, 5.74) is 1.49. The minimum absolute atomic E-state index is 0.0407. The molecule has 1 fully saturated rings. The zero-order chi connectivity index (χ0) is 14.5. The minimum atomic E-state index is 0.0407. The van der Waals surface area contributed by atoms with Crippen molar-refractivity contribution in [2.75, 3.05) is 19.7 Å². The number of carbonyl (C=O) groups excluding carboxylic acids is 1. The number of hydrogen-bond acceptors (Lipinski definition) is 3. The number of hydrogen-bond donors (Lipinski definition) is 0. The highest BCUT2D eigenvalue weighted by molar-refractivity contribution is 6.29. The highest BCUT2D eigenvalue weighted by Gasteiger charge is 2.24. The molecule has 0 N–H and O–H groups in total. The van der Waals surface area contributed by atoms with E-state index in [0.29, 0.717) is 10.7 Å². The topological polar surface area (TPSA) is 42.4 Å². The van der Waals surface area contributed by atoms with Crippen LogP contribution in [0.5, 0.6) is 0 Å². The van der Waals surface area contributed by atoms with E-state index in [-0.39, 0.29) is 12.0 Å². The summed E-state index contributed by atoms with van der Waals surface area (Å²) in [7, 11) is 0. The van der Waals surface area contributed by atoms with Gasteiger partial charge in [-0.1, -0.05) is 18.5 Å². The van der Waals surface area contributed by atoms with Crippen molar-refractivity contribution in [3.05, 3.63) is 28.5 Å². The third-order valence-corrected chi connectivity index (χ3v) is 3.78. The lowest BCUT2D eigenvalue weighted by atomic mass is 10.1. The fourth-order valence-electron chi connectivity index (χ4n) is 2.50. The fourth-order valence-corrected chi connectivity index (χ4v) is 2.73. The Hall–Kier alpha value is -1.13. The average Bonchev–Trinajstić information content (AvgIpc) is 2.47. The van der Waals surface area contributed by atoms with Gasteiger partial charge in [-0.15, -0.1) is 0 Å².